The molecule has 0 heterocycles. The quantitative estimate of drug-likeness (QED) is 0.715. The number of carbonyl (C=O) groups is 1. The van der Waals surface area contributed by atoms with Crippen LogP contribution < -0.4 is 11.1 Å². The molecule has 0 aliphatic heterocycles. The van der Waals surface area contributed by atoms with Crippen molar-refractivity contribution >= 4 is 18.5 Å². The van der Waals surface area contributed by atoms with Crippen molar-refractivity contribution in [2.75, 3.05) is 6.54 Å². The van der Waals surface area contributed by atoms with Crippen LogP contribution in [0.25, 0.3) is 0 Å². The van der Waals surface area contributed by atoms with Crippen LogP contribution in [0.1, 0.15) is 11.1 Å². The van der Waals surface area contributed by atoms with E-state index in [0.29, 0.717) is 6.42 Å². The number of hydrogen-bond acceptors (Lipinski definition) is 4. The van der Waals surface area contributed by atoms with Gasteiger partial charge < -0.3 is 20.9 Å². The molecule has 0 aromatic heterocycles. The van der Waals surface area contributed by atoms with Crippen molar-refractivity contribution in [2.45, 2.75) is 25.2 Å². The lowest BCUT2D eigenvalue weighted by Gasteiger charge is -2.19. The van der Waals surface area contributed by atoms with Crippen molar-refractivity contribution in [3.8, 4) is 0 Å². The minimum atomic E-state index is -0.834. The second-order valence-electron chi connectivity index (χ2n) is 5.36. The molecule has 0 unspecified atom stereocenters. The Balaban J connectivity index is 0.00000288. The highest BCUT2D eigenvalue weighted by Gasteiger charge is 2.16. The Kier molecular flexibility index (Phi) is 8.86. The Morgan fingerprint density at radius 3 is 2.17 bits per heavy atom. The molecule has 6 heteroatoms. The standard InChI is InChI=1S/C18H22N2O3.ClH/c19-16(11-14-7-3-1-4-8-14)17(21)12-20-18(22)23-13-15-9-5-2-6-10-15;/h1-10,16-17,21H,11-13,19H2,(H,20,22);1H/t16-,17+;/m0./s1. The third-order valence-electron chi connectivity index (χ3n) is 3.48. The number of aliphatic hydroxyl groups excluding tert-OH is 1. The number of rotatable bonds is 7. The molecule has 0 saturated carbocycles. The first-order chi connectivity index (χ1) is 11.1. The second kappa shape index (κ2) is 10.6. The molecule has 0 spiro atoms. The van der Waals surface area contributed by atoms with Gasteiger partial charge in [-0.05, 0) is 17.5 Å². The van der Waals surface area contributed by atoms with Gasteiger partial charge in [0.15, 0.2) is 0 Å². The van der Waals surface area contributed by atoms with Gasteiger partial charge in [0.1, 0.15) is 6.61 Å². The van der Waals surface area contributed by atoms with E-state index in [2.05, 4.69) is 5.32 Å². The SMILES string of the molecule is Cl.N[C@@H](Cc1ccccc1)[C@H](O)CNC(=O)OCc1ccccc1. The van der Waals surface area contributed by atoms with Gasteiger partial charge in [0.05, 0.1) is 6.10 Å². The van der Waals surface area contributed by atoms with E-state index in [-0.39, 0.29) is 25.6 Å². The average molecular weight is 351 g/mol. The highest BCUT2D eigenvalue weighted by atomic mass is 35.5. The number of carbonyl (C=O) groups excluding carboxylic acids is 1. The van der Waals surface area contributed by atoms with Crippen LogP contribution in [0.15, 0.2) is 60.7 Å². The number of ether oxygens (including phenoxy) is 1. The smallest absolute Gasteiger partial charge is 0.407 e. The molecule has 2 aromatic carbocycles. The van der Waals surface area contributed by atoms with Gasteiger partial charge in [0.25, 0.3) is 0 Å². The Morgan fingerprint density at radius 1 is 1.04 bits per heavy atom. The van der Waals surface area contributed by atoms with E-state index in [0.717, 1.165) is 11.1 Å². The Morgan fingerprint density at radius 2 is 1.58 bits per heavy atom. The Hall–Kier alpha value is -2.08. The molecule has 130 valence electrons. The molecule has 2 rings (SSSR count). The van der Waals surface area contributed by atoms with Crippen LogP contribution in [0.4, 0.5) is 4.79 Å². The fourth-order valence-electron chi connectivity index (χ4n) is 2.14. The van der Waals surface area contributed by atoms with Crippen molar-refractivity contribution in [3.05, 3.63) is 71.8 Å². The summed E-state index contributed by atoms with van der Waals surface area (Å²) in [5.41, 5.74) is 7.91. The summed E-state index contributed by atoms with van der Waals surface area (Å²) in [6, 6.07) is 18.6. The van der Waals surface area contributed by atoms with Crippen molar-refractivity contribution in [2.24, 2.45) is 5.73 Å². The largest absolute Gasteiger partial charge is 0.445 e. The summed E-state index contributed by atoms with van der Waals surface area (Å²) in [6.07, 6.45) is -0.859. The number of hydrogen-bond donors (Lipinski definition) is 3. The van der Waals surface area contributed by atoms with Gasteiger partial charge in [-0.2, -0.15) is 0 Å². The lowest BCUT2D eigenvalue weighted by atomic mass is 10.0. The first-order valence-electron chi connectivity index (χ1n) is 7.57. The second-order valence-corrected chi connectivity index (χ2v) is 5.36. The van der Waals surface area contributed by atoms with E-state index >= 15 is 0 Å². The Bertz CT molecular complexity index is 596. The number of alkyl carbamates (subject to hydrolysis) is 1. The third-order valence-corrected chi connectivity index (χ3v) is 3.48. The molecular formula is C18H23ClN2O3. The maximum Gasteiger partial charge on any atom is 0.407 e. The predicted octanol–water partition coefficient (Wildman–Crippen LogP) is 2.27. The zero-order valence-corrected chi connectivity index (χ0v) is 14.1. The molecular weight excluding hydrogens is 328 g/mol. The molecule has 5 nitrogen and oxygen atoms in total. The number of benzene rings is 2. The molecule has 0 radical (unpaired) electrons. The fourth-order valence-corrected chi connectivity index (χ4v) is 2.14. The topological polar surface area (TPSA) is 84.6 Å². The third kappa shape index (κ3) is 7.00. The van der Waals surface area contributed by atoms with E-state index in [1.165, 1.54) is 0 Å². The lowest BCUT2D eigenvalue weighted by Crippen LogP contribution is -2.44. The highest BCUT2D eigenvalue weighted by molar-refractivity contribution is 5.85. The zero-order valence-electron chi connectivity index (χ0n) is 13.3. The van der Waals surface area contributed by atoms with Crippen molar-refractivity contribution in [1.82, 2.24) is 5.32 Å². The molecule has 1 amide bonds. The molecule has 24 heavy (non-hydrogen) atoms. The summed E-state index contributed by atoms with van der Waals surface area (Å²) in [5.74, 6) is 0. The molecule has 0 aliphatic carbocycles. The minimum absolute atomic E-state index is 0. The van der Waals surface area contributed by atoms with Gasteiger partial charge in [0, 0.05) is 12.6 Å². The summed E-state index contributed by atoms with van der Waals surface area (Å²) in [7, 11) is 0. The van der Waals surface area contributed by atoms with Gasteiger partial charge in [-0.15, -0.1) is 12.4 Å². The number of halogens is 1. The van der Waals surface area contributed by atoms with Gasteiger partial charge in [0.2, 0.25) is 0 Å². The fraction of sp³-hybridized carbons (Fsp3) is 0.278. The highest BCUT2D eigenvalue weighted by Crippen LogP contribution is 2.04. The molecule has 0 bridgehead atoms. The predicted molar refractivity (Wildman–Crippen MR) is 96.0 cm³/mol. The molecule has 0 saturated heterocycles. The van der Waals surface area contributed by atoms with E-state index in [4.69, 9.17) is 10.5 Å². The van der Waals surface area contributed by atoms with Crippen LogP contribution >= 0.6 is 12.4 Å². The van der Waals surface area contributed by atoms with Crippen LogP contribution in [0, 0.1) is 0 Å². The molecule has 0 aliphatic rings. The van der Waals surface area contributed by atoms with Crippen LogP contribution in [-0.4, -0.2) is 29.9 Å². The summed E-state index contributed by atoms with van der Waals surface area (Å²) in [6.45, 7) is 0.250. The van der Waals surface area contributed by atoms with Gasteiger partial charge in [-0.3, -0.25) is 0 Å². The van der Waals surface area contributed by atoms with Crippen molar-refractivity contribution in [1.29, 1.82) is 0 Å². The van der Waals surface area contributed by atoms with E-state index < -0.39 is 18.2 Å². The minimum Gasteiger partial charge on any atom is -0.445 e. The molecule has 2 aromatic rings. The number of nitrogens with one attached hydrogen (secondary N) is 1. The van der Waals surface area contributed by atoms with Crippen molar-refractivity contribution in [3.63, 3.8) is 0 Å². The van der Waals surface area contributed by atoms with Crippen LogP contribution in [0.2, 0.25) is 0 Å². The lowest BCUT2D eigenvalue weighted by molar-refractivity contribution is 0.116. The van der Waals surface area contributed by atoms with Gasteiger partial charge in [-0.25, -0.2) is 4.79 Å². The van der Waals surface area contributed by atoms with E-state index in [1.54, 1.807) is 0 Å². The first-order valence-corrected chi connectivity index (χ1v) is 7.57. The summed E-state index contributed by atoms with van der Waals surface area (Å²) >= 11 is 0. The first kappa shape index (κ1) is 20.0. The van der Waals surface area contributed by atoms with Crippen LogP contribution in [-0.2, 0) is 17.8 Å². The monoisotopic (exact) mass is 350 g/mol. The van der Waals surface area contributed by atoms with Gasteiger partial charge in [-0.1, -0.05) is 60.7 Å². The summed E-state index contributed by atoms with van der Waals surface area (Å²) in [5, 5.41) is 12.5. The Labute approximate surface area is 148 Å². The number of nitrogens with two attached hydrogens (primary N) is 1. The van der Waals surface area contributed by atoms with Gasteiger partial charge >= 0.3 is 6.09 Å². The molecule has 2 atom stereocenters. The summed E-state index contributed by atoms with van der Waals surface area (Å²) < 4.78 is 5.07. The zero-order chi connectivity index (χ0) is 16.5. The number of amides is 1. The van der Waals surface area contributed by atoms with Crippen LogP contribution in [0.3, 0.4) is 0 Å². The number of aliphatic hydroxyl groups is 1. The van der Waals surface area contributed by atoms with E-state index in [9.17, 15) is 9.90 Å². The molecule has 0 fully saturated rings. The maximum atomic E-state index is 11.6. The van der Waals surface area contributed by atoms with E-state index in [1.807, 2.05) is 60.7 Å². The maximum absolute atomic E-state index is 11.6. The normalized spacial score (nSPS) is 12.6. The average Bonchev–Trinajstić information content (AvgIpc) is 2.59. The van der Waals surface area contributed by atoms with Crippen molar-refractivity contribution < 1.29 is 14.6 Å². The summed E-state index contributed by atoms with van der Waals surface area (Å²) in [4.78, 5) is 11.6. The molecule has 4 N–H and O–H groups in total. The van der Waals surface area contributed by atoms with Crippen LogP contribution in [0.5, 0.6) is 0 Å².